The number of nitrogens with one attached hydrogen (secondary N) is 1. The fourth-order valence-corrected chi connectivity index (χ4v) is 2.53. The van der Waals surface area contributed by atoms with Gasteiger partial charge in [-0.3, -0.25) is 0 Å². The minimum absolute atomic E-state index is 0.471. The van der Waals surface area contributed by atoms with Crippen molar-refractivity contribution in [2.45, 2.75) is 51.2 Å². The van der Waals surface area contributed by atoms with Crippen molar-refractivity contribution in [3.8, 4) is 0 Å². The summed E-state index contributed by atoms with van der Waals surface area (Å²) in [7, 11) is 2.08. The van der Waals surface area contributed by atoms with Gasteiger partial charge in [-0.1, -0.05) is 19.8 Å². The van der Waals surface area contributed by atoms with Crippen LogP contribution >= 0.6 is 0 Å². The topological polar surface area (TPSA) is 21.3 Å². The first kappa shape index (κ1) is 10.4. The maximum Gasteiger partial charge on any atom is 0.0754 e. The number of hydrogen-bond donors (Lipinski definition) is 1. The Bertz CT molecular complexity index is 179. The van der Waals surface area contributed by atoms with Crippen LogP contribution in [0, 0.1) is 11.8 Å². The van der Waals surface area contributed by atoms with Crippen LogP contribution in [-0.2, 0) is 4.74 Å². The van der Waals surface area contributed by atoms with Gasteiger partial charge in [0.1, 0.15) is 0 Å². The van der Waals surface area contributed by atoms with Crippen molar-refractivity contribution in [1.82, 2.24) is 5.32 Å². The number of likely N-dealkylation sites (N-methyl/N-ethyl adjacent to an activating group) is 1. The van der Waals surface area contributed by atoms with Gasteiger partial charge in [0, 0.05) is 12.6 Å². The zero-order chi connectivity index (χ0) is 9.97. The van der Waals surface area contributed by atoms with Crippen LogP contribution in [-0.4, -0.2) is 25.8 Å². The SMILES string of the molecule is CNC(CCC1CC1)C1OCCC1C. The average Bonchev–Trinajstić information content (AvgIpc) is 2.92. The lowest BCUT2D eigenvalue weighted by molar-refractivity contribution is 0.0596. The van der Waals surface area contributed by atoms with Crippen LogP contribution in [0.2, 0.25) is 0 Å². The average molecular weight is 197 g/mol. The minimum atomic E-state index is 0.471. The van der Waals surface area contributed by atoms with E-state index in [4.69, 9.17) is 4.74 Å². The quantitative estimate of drug-likeness (QED) is 0.729. The molecule has 1 N–H and O–H groups in total. The van der Waals surface area contributed by atoms with Gasteiger partial charge < -0.3 is 10.1 Å². The van der Waals surface area contributed by atoms with E-state index in [-0.39, 0.29) is 0 Å². The largest absolute Gasteiger partial charge is 0.376 e. The van der Waals surface area contributed by atoms with Crippen molar-refractivity contribution in [1.29, 1.82) is 0 Å². The molecule has 1 aliphatic heterocycles. The highest BCUT2D eigenvalue weighted by Gasteiger charge is 2.32. The molecule has 2 aliphatic rings. The maximum atomic E-state index is 5.81. The molecule has 2 fully saturated rings. The molecule has 2 rings (SSSR count). The van der Waals surface area contributed by atoms with E-state index in [0.29, 0.717) is 12.1 Å². The Labute approximate surface area is 87.4 Å². The molecule has 0 radical (unpaired) electrons. The summed E-state index contributed by atoms with van der Waals surface area (Å²) < 4.78 is 5.81. The van der Waals surface area contributed by atoms with Crippen LogP contribution in [0.5, 0.6) is 0 Å². The van der Waals surface area contributed by atoms with Crippen LogP contribution in [0.4, 0.5) is 0 Å². The lowest BCUT2D eigenvalue weighted by Gasteiger charge is -2.25. The second-order valence-electron chi connectivity index (χ2n) is 5.02. The fourth-order valence-electron chi connectivity index (χ4n) is 2.53. The Morgan fingerprint density at radius 1 is 1.36 bits per heavy atom. The molecule has 0 spiro atoms. The van der Waals surface area contributed by atoms with Gasteiger partial charge in [0.05, 0.1) is 6.10 Å². The molecule has 2 nitrogen and oxygen atoms in total. The van der Waals surface area contributed by atoms with E-state index in [1.807, 2.05) is 0 Å². The predicted molar refractivity (Wildman–Crippen MR) is 58.3 cm³/mol. The van der Waals surface area contributed by atoms with E-state index in [0.717, 1.165) is 18.4 Å². The smallest absolute Gasteiger partial charge is 0.0754 e. The van der Waals surface area contributed by atoms with Gasteiger partial charge in [-0.05, 0) is 38.1 Å². The summed E-state index contributed by atoms with van der Waals surface area (Å²) in [5.41, 5.74) is 0. The summed E-state index contributed by atoms with van der Waals surface area (Å²) in [4.78, 5) is 0. The molecule has 1 aliphatic carbocycles. The third-order valence-corrected chi connectivity index (χ3v) is 3.79. The normalized spacial score (nSPS) is 34.7. The maximum absolute atomic E-state index is 5.81. The van der Waals surface area contributed by atoms with E-state index < -0.39 is 0 Å². The Balaban J connectivity index is 1.77. The van der Waals surface area contributed by atoms with Gasteiger partial charge in [0.15, 0.2) is 0 Å². The summed E-state index contributed by atoms with van der Waals surface area (Å²) in [5, 5.41) is 3.43. The molecule has 3 unspecified atom stereocenters. The van der Waals surface area contributed by atoms with E-state index in [9.17, 15) is 0 Å². The molecule has 2 heteroatoms. The van der Waals surface area contributed by atoms with Gasteiger partial charge in [-0.25, -0.2) is 0 Å². The van der Waals surface area contributed by atoms with Crippen LogP contribution in [0.15, 0.2) is 0 Å². The second kappa shape index (κ2) is 4.63. The summed E-state index contributed by atoms with van der Waals surface area (Å²) in [5.74, 6) is 1.79. The number of rotatable bonds is 5. The minimum Gasteiger partial charge on any atom is -0.376 e. The first-order valence-corrected chi connectivity index (χ1v) is 6.10. The molecule has 82 valence electrons. The number of hydrogen-bond acceptors (Lipinski definition) is 2. The molecular weight excluding hydrogens is 174 g/mol. The van der Waals surface area contributed by atoms with E-state index >= 15 is 0 Å². The van der Waals surface area contributed by atoms with Crippen molar-refractivity contribution in [2.75, 3.05) is 13.7 Å². The third-order valence-electron chi connectivity index (χ3n) is 3.79. The highest BCUT2D eigenvalue weighted by molar-refractivity contribution is 4.86. The molecule has 0 bridgehead atoms. The molecule has 0 amide bonds. The van der Waals surface area contributed by atoms with Gasteiger partial charge in [0.25, 0.3) is 0 Å². The van der Waals surface area contributed by atoms with Gasteiger partial charge in [0.2, 0.25) is 0 Å². The van der Waals surface area contributed by atoms with Crippen molar-refractivity contribution < 1.29 is 4.74 Å². The summed E-state index contributed by atoms with van der Waals surface area (Å²) in [6.45, 7) is 3.28. The van der Waals surface area contributed by atoms with Crippen molar-refractivity contribution in [3.05, 3.63) is 0 Å². The van der Waals surface area contributed by atoms with Crippen molar-refractivity contribution in [3.63, 3.8) is 0 Å². The van der Waals surface area contributed by atoms with Crippen LogP contribution in [0.25, 0.3) is 0 Å². The Morgan fingerprint density at radius 3 is 2.64 bits per heavy atom. The highest BCUT2D eigenvalue weighted by Crippen LogP contribution is 2.35. The molecule has 1 saturated carbocycles. The van der Waals surface area contributed by atoms with Gasteiger partial charge in [-0.15, -0.1) is 0 Å². The Morgan fingerprint density at radius 2 is 2.14 bits per heavy atom. The molecule has 0 aromatic heterocycles. The zero-order valence-electron chi connectivity index (χ0n) is 9.46. The molecule has 0 aromatic rings. The third kappa shape index (κ3) is 2.48. The lowest BCUT2D eigenvalue weighted by atomic mass is 9.94. The monoisotopic (exact) mass is 197 g/mol. The summed E-state index contributed by atoms with van der Waals surface area (Å²) >= 11 is 0. The van der Waals surface area contributed by atoms with Crippen LogP contribution in [0.1, 0.15) is 39.0 Å². The van der Waals surface area contributed by atoms with Gasteiger partial charge in [-0.2, -0.15) is 0 Å². The van der Waals surface area contributed by atoms with Crippen molar-refractivity contribution in [2.24, 2.45) is 11.8 Å². The molecule has 14 heavy (non-hydrogen) atoms. The molecule has 1 saturated heterocycles. The molecule has 3 atom stereocenters. The van der Waals surface area contributed by atoms with E-state index in [2.05, 4.69) is 19.3 Å². The van der Waals surface area contributed by atoms with Crippen molar-refractivity contribution >= 4 is 0 Å². The first-order valence-electron chi connectivity index (χ1n) is 6.10. The highest BCUT2D eigenvalue weighted by atomic mass is 16.5. The Hall–Kier alpha value is -0.0800. The van der Waals surface area contributed by atoms with Gasteiger partial charge >= 0.3 is 0 Å². The summed E-state index contributed by atoms with van der Waals surface area (Å²) in [6.07, 6.45) is 7.36. The molecule has 1 heterocycles. The number of ether oxygens (including phenoxy) is 1. The van der Waals surface area contributed by atoms with Crippen LogP contribution in [0.3, 0.4) is 0 Å². The van der Waals surface area contributed by atoms with E-state index in [1.54, 1.807) is 0 Å². The zero-order valence-corrected chi connectivity index (χ0v) is 9.46. The lowest BCUT2D eigenvalue weighted by Crippen LogP contribution is -2.40. The van der Waals surface area contributed by atoms with E-state index in [1.165, 1.54) is 32.1 Å². The second-order valence-corrected chi connectivity index (χ2v) is 5.02. The molecule has 0 aromatic carbocycles. The predicted octanol–water partition coefficient (Wildman–Crippen LogP) is 2.19. The molecular formula is C12H23NO. The fraction of sp³-hybridized carbons (Fsp3) is 1.00. The van der Waals surface area contributed by atoms with Crippen LogP contribution < -0.4 is 5.32 Å². The first-order chi connectivity index (χ1) is 6.81. The standard InChI is InChI=1S/C12H23NO/c1-9-7-8-14-12(9)11(13-2)6-5-10-3-4-10/h9-13H,3-8H2,1-2H3. The Kier molecular flexibility index (Phi) is 3.45. The summed E-state index contributed by atoms with van der Waals surface area (Å²) in [6, 6.07) is 0.591.